The van der Waals surface area contributed by atoms with E-state index in [1.807, 2.05) is 61.5 Å². The summed E-state index contributed by atoms with van der Waals surface area (Å²) in [6, 6.07) is 13.6. The Morgan fingerprint density at radius 2 is 1.83 bits per heavy atom. The number of nitrogens with two attached hydrogens (primary N) is 1. The van der Waals surface area contributed by atoms with E-state index < -0.39 is 5.97 Å². The van der Waals surface area contributed by atoms with E-state index in [-0.39, 0.29) is 12.2 Å². The van der Waals surface area contributed by atoms with Gasteiger partial charge in [-0.25, -0.2) is 0 Å². The lowest BCUT2D eigenvalue weighted by molar-refractivity contribution is -0.141. The van der Waals surface area contributed by atoms with Crippen LogP contribution in [0.3, 0.4) is 0 Å². The summed E-state index contributed by atoms with van der Waals surface area (Å²) in [7, 11) is 3.96. The number of carboxylic acids is 1. The second-order valence-corrected chi connectivity index (χ2v) is 7.67. The minimum atomic E-state index is -0.715. The molecule has 2 atom stereocenters. The molecule has 0 radical (unpaired) electrons. The number of carboxylic acid groups (broad SMARTS) is 1. The molecule has 2 heterocycles. The van der Waals surface area contributed by atoms with Crippen molar-refractivity contribution in [3.05, 3.63) is 42.5 Å². The third-order valence-corrected chi connectivity index (χ3v) is 5.71. The summed E-state index contributed by atoms with van der Waals surface area (Å²) >= 11 is 0. The molecule has 0 amide bonds. The van der Waals surface area contributed by atoms with Crippen LogP contribution in [-0.4, -0.2) is 44.6 Å². The molecular weight excluding hydrogens is 368 g/mol. The van der Waals surface area contributed by atoms with Gasteiger partial charge < -0.3 is 25.5 Å². The summed E-state index contributed by atoms with van der Waals surface area (Å²) in [5, 5.41) is 18.2. The van der Waals surface area contributed by atoms with Gasteiger partial charge in [0.2, 0.25) is 6.29 Å². The topological polar surface area (TPSA) is 97.8 Å². The minimum absolute atomic E-state index is 0.232. The van der Waals surface area contributed by atoms with E-state index in [2.05, 4.69) is 20.0 Å². The van der Waals surface area contributed by atoms with Gasteiger partial charge in [-0.05, 0) is 55.3 Å². The standard InChI is InChI=1S/C21H26N6O2/c1-25-18-10-5-15(22)12-19(18)26(2)21(25)24-23-16-6-8-17(9-7-16)27-11-3-4-14(13-27)20(28)29/h5-10,12,14,21H,3-4,11,13,22H2,1-2H3,(H,28,29). The molecule has 2 aromatic rings. The van der Waals surface area contributed by atoms with Crippen molar-refractivity contribution in [1.82, 2.24) is 0 Å². The van der Waals surface area contributed by atoms with Gasteiger partial charge in [-0.2, -0.15) is 5.11 Å². The van der Waals surface area contributed by atoms with E-state index in [0.29, 0.717) is 6.54 Å². The van der Waals surface area contributed by atoms with Gasteiger partial charge in [0, 0.05) is 38.6 Å². The number of nitrogen functional groups attached to an aromatic ring is 1. The highest BCUT2D eigenvalue weighted by atomic mass is 16.4. The van der Waals surface area contributed by atoms with Crippen LogP contribution >= 0.6 is 0 Å². The van der Waals surface area contributed by atoms with Crippen molar-refractivity contribution >= 4 is 34.4 Å². The van der Waals surface area contributed by atoms with Gasteiger partial charge in [0.25, 0.3) is 0 Å². The second kappa shape index (κ2) is 7.62. The highest BCUT2D eigenvalue weighted by molar-refractivity contribution is 5.79. The molecule has 3 N–H and O–H groups in total. The number of fused-ring (bicyclic) bond motifs is 1. The van der Waals surface area contributed by atoms with Crippen LogP contribution in [0, 0.1) is 5.92 Å². The van der Waals surface area contributed by atoms with E-state index in [9.17, 15) is 9.90 Å². The molecule has 8 heteroatoms. The number of hydrogen-bond acceptors (Lipinski definition) is 7. The van der Waals surface area contributed by atoms with Crippen molar-refractivity contribution in [3.63, 3.8) is 0 Å². The zero-order valence-corrected chi connectivity index (χ0v) is 16.7. The molecule has 152 valence electrons. The normalized spacial score (nSPS) is 21.7. The van der Waals surface area contributed by atoms with E-state index in [1.54, 1.807) is 0 Å². The number of anilines is 4. The molecule has 2 aliphatic heterocycles. The Hall–Kier alpha value is -3.29. The van der Waals surface area contributed by atoms with Crippen LogP contribution < -0.4 is 20.4 Å². The molecule has 0 spiro atoms. The lowest BCUT2D eigenvalue weighted by Crippen LogP contribution is -2.38. The average Bonchev–Trinajstić information content (AvgIpc) is 2.96. The number of benzene rings is 2. The Labute approximate surface area is 170 Å². The summed E-state index contributed by atoms with van der Waals surface area (Å²) in [6.07, 6.45) is 1.41. The monoisotopic (exact) mass is 394 g/mol. The van der Waals surface area contributed by atoms with Crippen LogP contribution in [0.1, 0.15) is 12.8 Å². The summed E-state index contributed by atoms with van der Waals surface area (Å²) < 4.78 is 0. The first-order chi connectivity index (χ1) is 13.9. The largest absolute Gasteiger partial charge is 0.481 e. The average molecular weight is 394 g/mol. The van der Waals surface area contributed by atoms with E-state index in [1.165, 1.54) is 0 Å². The van der Waals surface area contributed by atoms with Crippen molar-refractivity contribution in [2.75, 3.05) is 47.6 Å². The number of aliphatic carboxylic acids is 1. The Balaban J connectivity index is 1.45. The molecule has 4 rings (SSSR count). The third kappa shape index (κ3) is 3.70. The SMILES string of the molecule is CN1c2ccc(N)cc2N(C)C1N=Nc1ccc(N2CCCC(C(=O)O)C2)cc1. The maximum atomic E-state index is 11.3. The van der Waals surface area contributed by atoms with E-state index in [0.717, 1.165) is 47.8 Å². The maximum absolute atomic E-state index is 11.3. The van der Waals surface area contributed by atoms with Crippen LogP contribution in [0.25, 0.3) is 0 Å². The summed E-state index contributed by atoms with van der Waals surface area (Å²) in [6.45, 7) is 1.43. The third-order valence-electron chi connectivity index (χ3n) is 5.71. The molecule has 8 nitrogen and oxygen atoms in total. The highest BCUT2D eigenvalue weighted by Crippen LogP contribution is 2.39. The zero-order chi connectivity index (χ0) is 20.5. The van der Waals surface area contributed by atoms with Gasteiger partial charge in [-0.15, -0.1) is 5.11 Å². The van der Waals surface area contributed by atoms with Gasteiger partial charge >= 0.3 is 5.97 Å². The molecule has 2 aliphatic rings. The van der Waals surface area contributed by atoms with Crippen molar-refractivity contribution in [2.24, 2.45) is 16.1 Å². The van der Waals surface area contributed by atoms with E-state index >= 15 is 0 Å². The number of carbonyl (C=O) groups is 1. The minimum Gasteiger partial charge on any atom is -0.481 e. The molecule has 0 aromatic heterocycles. The number of piperidine rings is 1. The smallest absolute Gasteiger partial charge is 0.308 e. The molecule has 1 saturated heterocycles. The van der Waals surface area contributed by atoms with Crippen molar-refractivity contribution < 1.29 is 9.90 Å². The molecule has 0 bridgehead atoms. The quantitative estimate of drug-likeness (QED) is 0.608. The number of hydrogen-bond donors (Lipinski definition) is 2. The predicted molar refractivity (Wildman–Crippen MR) is 115 cm³/mol. The molecule has 0 aliphatic carbocycles. The fourth-order valence-corrected chi connectivity index (χ4v) is 4.05. The fraction of sp³-hybridized carbons (Fsp3) is 0.381. The van der Waals surface area contributed by atoms with Crippen LogP contribution in [0.5, 0.6) is 0 Å². The van der Waals surface area contributed by atoms with Gasteiger partial charge in [-0.3, -0.25) is 4.79 Å². The summed E-state index contributed by atoms with van der Waals surface area (Å²) in [5.41, 5.74) is 10.5. The van der Waals surface area contributed by atoms with Gasteiger partial charge in [0.1, 0.15) is 0 Å². The van der Waals surface area contributed by atoms with Crippen molar-refractivity contribution in [2.45, 2.75) is 19.1 Å². The second-order valence-electron chi connectivity index (χ2n) is 7.67. The summed E-state index contributed by atoms with van der Waals surface area (Å²) in [4.78, 5) is 17.5. The lowest BCUT2D eigenvalue weighted by atomic mass is 9.98. The Morgan fingerprint density at radius 1 is 1.10 bits per heavy atom. The Bertz CT molecular complexity index is 929. The van der Waals surface area contributed by atoms with Gasteiger partial charge in [0.15, 0.2) is 0 Å². The Morgan fingerprint density at radius 3 is 2.55 bits per heavy atom. The van der Waals surface area contributed by atoms with Crippen LogP contribution in [0.2, 0.25) is 0 Å². The van der Waals surface area contributed by atoms with Crippen LogP contribution in [-0.2, 0) is 4.79 Å². The first kappa shape index (κ1) is 19.0. The molecule has 1 fully saturated rings. The van der Waals surface area contributed by atoms with Crippen molar-refractivity contribution in [3.8, 4) is 0 Å². The first-order valence-electron chi connectivity index (χ1n) is 9.78. The lowest BCUT2D eigenvalue weighted by Gasteiger charge is -2.32. The Kier molecular flexibility index (Phi) is 5.00. The van der Waals surface area contributed by atoms with Crippen LogP contribution in [0.4, 0.5) is 28.4 Å². The number of azo groups is 1. The fourth-order valence-electron chi connectivity index (χ4n) is 4.05. The summed E-state index contributed by atoms with van der Waals surface area (Å²) in [5.74, 6) is -1.01. The van der Waals surface area contributed by atoms with E-state index in [4.69, 9.17) is 5.73 Å². The molecule has 2 unspecified atom stereocenters. The van der Waals surface area contributed by atoms with Crippen LogP contribution in [0.15, 0.2) is 52.7 Å². The number of nitrogens with zero attached hydrogens (tertiary/aromatic N) is 5. The maximum Gasteiger partial charge on any atom is 0.308 e. The zero-order valence-electron chi connectivity index (χ0n) is 16.7. The van der Waals surface area contributed by atoms with Gasteiger partial charge in [0.05, 0.1) is 23.0 Å². The molecular formula is C21H26N6O2. The highest BCUT2D eigenvalue weighted by Gasteiger charge is 2.31. The number of rotatable bonds is 4. The molecule has 2 aromatic carbocycles. The van der Waals surface area contributed by atoms with Crippen molar-refractivity contribution in [1.29, 1.82) is 0 Å². The molecule has 29 heavy (non-hydrogen) atoms. The molecule has 0 saturated carbocycles. The predicted octanol–water partition coefficient (Wildman–Crippen LogP) is 3.52. The first-order valence-corrected chi connectivity index (χ1v) is 9.78. The van der Waals surface area contributed by atoms with Gasteiger partial charge in [-0.1, -0.05) is 0 Å².